The first kappa shape index (κ1) is 17.4. The molecule has 3 nitrogen and oxygen atoms in total. The van der Waals surface area contributed by atoms with Gasteiger partial charge in [-0.1, -0.05) is 43.7 Å². The highest BCUT2D eigenvalue weighted by Gasteiger charge is 2.54. The summed E-state index contributed by atoms with van der Waals surface area (Å²) in [6.07, 6.45) is 9.49. The van der Waals surface area contributed by atoms with Gasteiger partial charge < -0.3 is 5.32 Å². The molecule has 0 unspecified atom stereocenters. The van der Waals surface area contributed by atoms with E-state index in [0.29, 0.717) is 0 Å². The summed E-state index contributed by atoms with van der Waals surface area (Å²) < 4.78 is 0. The first-order chi connectivity index (χ1) is 13.1. The lowest BCUT2D eigenvalue weighted by Crippen LogP contribution is -2.51. The van der Waals surface area contributed by atoms with E-state index in [9.17, 15) is 4.79 Å². The van der Waals surface area contributed by atoms with Crippen LogP contribution in [0.15, 0.2) is 30.3 Å². The van der Waals surface area contributed by atoms with Gasteiger partial charge in [-0.05, 0) is 62.7 Å². The molecule has 1 heterocycles. The third-order valence-electron chi connectivity index (χ3n) is 6.96. The normalized spacial score (nSPS) is 31.2. The predicted octanol–water partition coefficient (Wildman–Crippen LogP) is 5.92. The van der Waals surface area contributed by atoms with E-state index in [2.05, 4.69) is 36.5 Å². The zero-order valence-electron chi connectivity index (χ0n) is 16.0. The monoisotopic (exact) mass is 380 g/mol. The smallest absolute Gasteiger partial charge is 0.232 e. The maximum absolute atomic E-state index is 13.3. The minimum Gasteiger partial charge on any atom is -0.301 e. The molecule has 4 fully saturated rings. The Balaban J connectivity index is 1.40. The van der Waals surface area contributed by atoms with Crippen LogP contribution in [0.25, 0.3) is 11.3 Å². The molecule has 1 amide bonds. The van der Waals surface area contributed by atoms with Crippen molar-refractivity contribution >= 4 is 22.4 Å². The van der Waals surface area contributed by atoms with Gasteiger partial charge in [0.25, 0.3) is 0 Å². The zero-order chi connectivity index (χ0) is 18.4. The topological polar surface area (TPSA) is 42.0 Å². The Kier molecular flexibility index (Phi) is 4.34. The van der Waals surface area contributed by atoms with E-state index >= 15 is 0 Å². The van der Waals surface area contributed by atoms with Crippen LogP contribution in [0, 0.1) is 23.2 Å². The minimum absolute atomic E-state index is 0.113. The van der Waals surface area contributed by atoms with Crippen LogP contribution in [0.2, 0.25) is 0 Å². The Hall–Kier alpha value is -1.68. The zero-order valence-corrected chi connectivity index (χ0v) is 16.9. The lowest BCUT2D eigenvalue weighted by Gasteiger charge is -2.55. The Labute approximate surface area is 165 Å². The Morgan fingerprint density at radius 1 is 1.11 bits per heavy atom. The molecular weight excluding hydrogens is 352 g/mol. The van der Waals surface area contributed by atoms with Gasteiger partial charge in [0.15, 0.2) is 5.13 Å². The lowest BCUT2D eigenvalue weighted by atomic mass is 9.49. The highest BCUT2D eigenvalue weighted by molar-refractivity contribution is 7.16. The number of aromatic nitrogens is 1. The number of carbonyl (C=O) groups excluding carboxylic acids is 1. The van der Waals surface area contributed by atoms with E-state index in [1.165, 1.54) is 24.1 Å². The van der Waals surface area contributed by atoms with Gasteiger partial charge in [0, 0.05) is 10.4 Å². The van der Waals surface area contributed by atoms with Crippen molar-refractivity contribution in [1.29, 1.82) is 0 Å². The number of anilines is 1. The molecule has 0 spiro atoms. The van der Waals surface area contributed by atoms with Gasteiger partial charge in [-0.3, -0.25) is 4.79 Å². The summed E-state index contributed by atoms with van der Waals surface area (Å²) in [5, 5.41) is 4.05. The number of carbonyl (C=O) groups is 1. The van der Waals surface area contributed by atoms with Crippen LogP contribution in [0.5, 0.6) is 0 Å². The average Bonchev–Trinajstić information content (AvgIpc) is 3.04. The first-order valence-corrected chi connectivity index (χ1v) is 11.3. The number of rotatable bonds is 5. The van der Waals surface area contributed by atoms with E-state index in [-0.39, 0.29) is 11.3 Å². The molecule has 0 saturated heterocycles. The standard InChI is InChI=1S/C23H28N2OS/c1-2-6-19-20(18-7-4-3-5-8-18)24-22(27-19)25-21(26)23-12-15-9-16(13-23)11-17(10-15)14-23/h3-5,7-8,15-17H,2,6,9-14H2,1H3,(H,24,25,26). The molecule has 0 atom stereocenters. The molecule has 27 heavy (non-hydrogen) atoms. The molecule has 0 aliphatic heterocycles. The molecular formula is C23H28N2OS. The number of hydrogen-bond acceptors (Lipinski definition) is 3. The summed E-state index contributed by atoms with van der Waals surface area (Å²) in [5.41, 5.74) is 2.08. The number of amides is 1. The number of aryl methyl sites for hydroxylation is 1. The van der Waals surface area contributed by atoms with Crippen LogP contribution >= 0.6 is 11.3 Å². The molecule has 1 N–H and O–H groups in total. The summed E-state index contributed by atoms with van der Waals surface area (Å²) in [5.74, 6) is 2.61. The molecule has 1 aromatic heterocycles. The Morgan fingerprint density at radius 2 is 1.74 bits per heavy atom. The van der Waals surface area contributed by atoms with Crippen LogP contribution in [0.1, 0.15) is 56.7 Å². The number of thiazole rings is 1. The molecule has 142 valence electrons. The van der Waals surface area contributed by atoms with Crippen molar-refractivity contribution in [3.8, 4) is 11.3 Å². The molecule has 4 saturated carbocycles. The third kappa shape index (κ3) is 3.12. The molecule has 0 radical (unpaired) electrons. The van der Waals surface area contributed by atoms with Gasteiger partial charge in [0.05, 0.1) is 11.1 Å². The van der Waals surface area contributed by atoms with Crippen molar-refractivity contribution in [3.05, 3.63) is 35.2 Å². The maximum Gasteiger partial charge on any atom is 0.232 e. The highest BCUT2D eigenvalue weighted by Crippen LogP contribution is 2.60. The summed E-state index contributed by atoms with van der Waals surface area (Å²) in [6.45, 7) is 2.20. The molecule has 2 aromatic rings. The van der Waals surface area contributed by atoms with Crippen molar-refractivity contribution in [2.45, 2.75) is 58.3 Å². The maximum atomic E-state index is 13.3. The third-order valence-corrected chi connectivity index (χ3v) is 7.99. The van der Waals surface area contributed by atoms with E-state index in [4.69, 9.17) is 4.98 Å². The van der Waals surface area contributed by atoms with E-state index in [1.807, 2.05) is 6.07 Å². The molecule has 6 rings (SSSR count). The van der Waals surface area contributed by atoms with Gasteiger partial charge >= 0.3 is 0 Å². The van der Waals surface area contributed by atoms with Crippen LogP contribution < -0.4 is 5.32 Å². The molecule has 4 aliphatic rings. The average molecular weight is 381 g/mol. The van der Waals surface area contributed by atoms with Crippen molar-refractivity contribution in [1.82, 2.24) is 4.98 Å². The van der Waals surface area contributed by atoms with Gasteiger partial charge in [-0.2, -0.15) is 0 Å². The fraction of sp³-hybridized carbons (Fsp3) is 0.565. The van der Waals surface area contributed by atoms with E-state index in [0.717, 1.165) is 66.2 Å². The van der Waals surface area contributed by atoms with Crippen molar-refractivity contribution in [2.24, 2.45) is 23.2 Å². The molecule has 4 aliphatic carbocycles. The minimum atomic E-state index is -0.113. The molecule has 4 heteroatoms. The van der Waals surface area contributed by atoms with Gasteiger partial charge in [0.2, 0.25) is 5.91 Å². The SMILES string of the molecule is CCCc1sc(NC(=O)C23CC4CC(CC(C4)C2)C3)nc1-c1ccccc1. The van der Waals surface area contributed by atoms with Gasteiger partial charge in [-0.15, -0.1) is 11.3 Å². The second-order valence-corrected chi connectivity index (χ2v) is 10.1. The second-order valence-electron chi connectivity index (χ2n) is 9.06. The molecule has 4 bridgehead atoms. The number of benzene rings is 1. The van der Waals surface area contributed by atoms with E-state index in [1.54, 1.807) is 11.3 Å². The van der Waals surface area contributed by atoms with Crippen LogP contribution in [0.4, 0.5) is 5.13 Å². The van der Waals surface area contributed by atoms with Crippen molar-refractivity contribution < 1.29 is 4.79 Å². The van der Waals surface area contributed by atoms with E-state index < -0.39 is 0 Å². The fourth-order valence-electron chi connectivity index (χ4n) is 6.24. The lowest BCUT2D eigenvalue weighted by molar-refractivity contribution is -0.140. The van der Waals surface area contributed by atoms with Crippen LogP contribution in [-0.2, 0) is 11.2 Å². The fourth-order valence-corrected chi connectivity index (χ4v) is 7.32. The van der Waals surface area contributed by atoms with Crippen molar-refractivity contribution in [2.75, 3.05) is 5.32 Å². The quantitative estimate of drug-likeness (QED) is 0.700. The van der Waals surface area contributed by atoms with Crippen molar-refractivity contribution in [3.63, 3.8) is 0 Å². The summed E-state index contributed by atoms with van der Waals surface area (Å²) in [4.78, 5) is 19.5. The Morgan fingerprint density at radius 3 is 2.33 bits per heavy atom. The summed E-state index contributed by atoms with van der Waals surface area (Å²) >= 11 is 1.67. The first-order valence-electron chi connectivity index (χ1n) is 10.5. The number of nitrogens with one attached hydrogen (secondary N) is 1. The summed E-state index contributed by atoms with van der Waals surface area (Å²) in [7, 11) is 0. The summed E-state index contributed by atoms with van der Waals surface area (Å²) in [6, 6.07) is 10.4. The van der Waals surface area contributed by atoms with Crippen LogP contribution in [0.3, 0.4) is 0 Å². The highest BCUT2D eigenvalue weighted by atomic mass is 32.1. The largest absolute Gasteiger partial charge is 0.301 e. The number of nitrogens with zero attached hydrogens (tertiary/aromatic N) is 1. The van der Waals surface area contributed by atoms with Crippen LogP contribution in [-0.4, -0.2) is 10.9 Å². The van der Waals surface area contributed by atoms with Gasteiger partial charge in [-0.25, -0.2) is 4.98 Å². The molecule has 1 aromatic carbocycles. The Bertz CT molecular complexity index is 806. The predicted molar refractivity (Wildman–Crippen MR) is 111 cm³/mol. The van der Waals surface area contributed by atoms with Gasteiger partial charge in [0.1, 0.15) is 0 Å². The second kappa shape index (κ2) is 6.73. The number of hydrogen-bond donors (Lipinski definition) is 1.